The molecule has 2 atom stereocenters. The first-order valence-corrected chi connectivity index (χ1v) is 5.82. The molecule has 3 N–H and O–H groups in total. The summed E-state index contributed by atoms with van der Waals surface area (Å²) in [6.07, 6.45) is 3.67. The lowest BCUT2D eigenvalue weighted by atomic mass is 9.80. The Labute approximate surface area is 91.3 Å². The molecule has 6 heteroatoms. The van der Waals surface area contributed by atoms with Crippen molar-refractivity contribution in [2.75, 3.05) is 5.73 Å². The molecule has 0 radical (unpaired) electrons. The van der Waals surface area contributed by atoms with Gasteiger partial charge >= 0.3 is 5.97 Å². The highest BCUT2D eigenvalue weighted by molar-refractivity contribution is 7.15. The second kappa shape index (κ2) is 4.14. The molecule has 1 aromatic rings. The Morgan fingerprint density at radius 1 is 1.40 bits per heavy atom. The van der Waals surface area contributed by atoms with Gasteiger partial charge < -0.3 is 10.8 Å². The van der Waals surface area contributed by atoms with Gasteiger partial charge in [-0.3, -0.25) is 4.79 Å². The van der Waals surface area contributed by atoms with Crippen LogP contribution >= 0.6 is 11.3 Å². The normalized spacial score (nSPS) is 26.4. The van der Waals surface area contributed by atoms with Gasteiger partial charge in [-0.1, -0.05) is 24.2 Å². The fourth-order valence-electron chi connectivity index (χ4n) is 2.12. The molecular formula is C9H13N3O2S. The van der Waals surface area contributed by atoms with E-state index in [1.165, 1.54) is 11.3 Å². The average molecular weight is 227 g/mol. The van der Waals surface area contributed by atoms with E-state index in [4.69, 9.17) is 10.8 Å². The molecule has 82 valence electrons. The van der Waals surface area contributed by atoms with Crippen LogP contribution in [-0.2, 0) is 4.79 Å². The predicted octanol–water partition coefficient (Wildman–Crippen LogP) is 1.48. The zero-order valence-electron chi connectivity index (χ0n) is 8.22. The van der Waals surface area contributed by atoms with Gasteiger partial charge in [-0.25, -0.2) is 0 Å². The molecule has 0 aromatic carbocycles. The van der Waals surface area contributed by atoms with Crippen molar-refractivity contribution >= 4 is 22.4 Å². The molecule has 1 aliphatic rings. The molecule has 1 fully saturated rings. The molecule has 0 unspecified atom stereocenters. The number of carbonyl (C=O) groups is 1. The van der Waals surface area contributed by atoms with Crippen LogP contribution in [0.25, 0.3) is 0 Å². The Hall–Kier alpha value is -1.17. The molecule has 1 saturated carbocycles. The van der Waals surface area contributed by atoms with E-state index < -0.39 is 5.97 Å². The number of nitrogens with zero attached hydrogens (tertiary/aromatic N) is 2. The van der Waals surface area contributed by atoms with Gasteiger partial charge in [0.25, 0.3) is 0 Å². The van der Waals surface area contributed by atoms with Crippen LogP contribution in [0.4, 0.5) is 5.13 Å². The molecule has 0 spiro atoms. The molecule has 1 heterocycles. The number of aliphatic carboxylic acids is 1. The fraction of sp³-hybridized carbons (Fsp3) is 0.667. The first kappa shape index (κ1) is 10.4. The van der Waals surface area contributed by atoms with E-state index >= 15 is 0 Å². The molecule has 5 nitrogen and oxygen atoms in total. The third-order valence-corrected chi connectivity index (χ3v) is 3.74. The number of hydrogen-bond acceptors (Lipinski definition) is 5. The van der Waals surface area contributed by atoms with Crippen LogP contribution in [0.2, 0.25) is 0 Å². The van der Waals surface area contributed by atoms with Gasteiger partial charge in [-0.15, -0.1) is 10.2 Å². The summed E-state index contributed by atoms with van der Waals surface area (Å²) in [5, 5.41) is 18.0. The second-order valence-electron chi connectivity index (χ2n) is 3.81. The summed E-state index contributed by atoms with van der Waals surface area (Å²) in [4.78, 5) is 11.1. The van der Waals surface area contributed by atoms with Crippen molar-refractivity contribution in [1.29, 1.82) is 0 Å². The maximum atomic E-state index is 11.1. The van der Waals surface area contributed by atoms with Crippen molar-refractivity contribution in [3.63, 3.8) is 0 Å². The van der Waals surface area contributed by atoms with E-state index in [0.717, 1.165) is 30.7 Å². The number of aromatic nitrogens is 2. The smallest absolute Gasteiger partial charge is 0.307 e. The fourth-order valence-corrected chi connectivity index (χ4v) is 2.93. The zero-order chi connectivity index (χ0) is 10.8. The van der Waals surface area contributed by atoms with E-state index in [1.54, 1.807) is 0 Å². The Balaban J connectivity index is 2.21. The monoisotopic (exact) mass is 227 g/mol. The van der Waals surface area contributed by atoms with Crippen molar-refractivity contribution in [3.8, 4) is 0 Å². The van der Waals surface area contributed by atoms with Crippen LogP contribution in [0.1, 0.15) is 36.6 Å². The lowest BCUT2D eigenvalue weighted by Gasteiger charge is -2.26. The van der Waals surface area contributed by atoms with Crippen molar-refractivity contribution in [3.05, 3.63) is 5.01 Å². The number of carboxylic acids is 1. The van der Waals surface area contributed by atoms with Crippen molar-refractivity contribution in [2.45, 2.75) is 31.6 Å². The van der Waals surface area contributed by atoms with Crippen LogP contribution in [0, 0.1) is 5.92 Å². The summed E-state index contributed by atoms with van der Waals surface area (Å²) in [7, 11) is 0. The van der Waals surface area contributed by atoms with Crippen molar-refractivity contribution < 1.29 is 9.90 Å². The zero-order valence-corrected chi connectivity index (χ0v) is 9.04. The maximum absolute atomic E-state index is 11.1. The van der Waals surface area contributed by atoms with Crippen LogP contribution in [0.15, 0.2) is 0 Å². The quantitative estimate of drug-likeness (QED) is 0.798. The van der Waals surface area contributed by atoms with Gasteiger partial charge in [0.05, 0.1) is 5.92 Å². The van der Waals surface area contributed by atoms with Crippen LogP contribution in [0.5, 0.6) is 0 Å². The van der Waals surface area contributed by atoms with Gasteiger partial charge in [0.1, 0.15) is 5.01 Å². The van der Waals surface area contributed by atoms with E-state index in [-0.39, 0.29) is 11.8 Å². The Kier molecular flexibility index (Phi) is 2.86. The Morgan fingerprint density at radius 3 is 2.73 bits per heavy atom. The molecule has 1 aromatic heterocycles. The summed E-state index contributed by atoms with van der Waals surface area (Å²) in [5.41, 5.74) is 5.50. The second-order valence-corrected chi connectivity index (χ2v) is 4.85. The minimum atomic E-state index is -0.728. The predicted molar refractivity (Wildman–Crippen MR) is 56.7 cm³/mol. The van der Waals surface area contributed by atoms with Crippen molar-refractivity contribution in [2.24, 2.45) is 5.92 Å². The van der Waals surface area contributed by atoms with Gasteiger partial charge in [0.15, 0.2) is 0 Å². The van der Waals surface area contributed by atoms with E-state index in [0.29, 0.717) is 5.13 Å². The molecule has 1 aliphatic carbocycles. The van der Waals surface area contributed by atoms with E-state index in [2.05, 4.69) is 10.2 Å². The number of nitrogen functional groups attached to an aromatic ring is 1. The highest BCUT2D eigenvalue weighted by Gasteiger charge is 2.34. The summed E-state index contributed by atoms with van der Waals surface area (Å²) >= 11 is 1.31. The van der Waals surface area contributed by atoms with Crippen molar-refractivity contribution in [1.82, 2.24) is 10.2 Å². The SMILES string of the molecule is Nc1nnc([C@@H]2CCCC[C@H]2C(=O)O)s1. The first-order chi connectivity index (χ1) is 7.18. The average Bonchev–Trinajstić information content (AvgIpc) is 2.65. The summed E-state index contributed by atoms with van der Waals surface area (Å²) in [6, 6.07) is 0. The summed E-state index contributed by atoms with van der Waals surface area (Å²) < 4.78 is 0. The van der Waals surface area contributed by atoms with Gasteiger partial charge in [0, 0.05) is 5.92 Å². The Bertz CT molecular complexity index is 366. The van der Waals surface area contributed by atoms with Crippen LogP contribution in [0.3, 0.4) is 0 Å². The largest absolute Gasteiger partial charge is 0.481 e. The highest BCUT2D eigenvalue weighted by Crippen LogP contribution is 2.39. The lowest BCUT2D eigenvalue weighted by molar-refractivity contribution is -0.143. The minimum absolute atomic E-state index is 0.00560. The number of rotatable bonds is 2. The molecule has 0 saturated heterocycles. The minimum Gasteiger partial charge on any atom is -0.481 e. The molecule has 0 aliphatic heterocycles. The molecular weight excluding hydrogens is 214 g/mol. The molecule has 0 bridgehead atoms. The third kappa shape index (κ3) is 2.09. The highest BCUT2D eigenvalue weighted by atomic mass is 32.1. The Morgan fingerprint density at radius 2 is 2.13 bits per heavy atom. The number of nitrogens with two attached hydrogens (primary N) is 1. The third-order valence-electron chi connectivity index (χ3n) is 2.86. The lowest BCUT2D eigenvalue weighted by Crippen LogP contribution is -2.25. The number of hydrogen-bond donors (Lipinski definition) is 2. The number of carboxylic acid groups (broad SMARTS) is 1. The molecule has 2 rings (SSSR count). The molecule has 15 heavy (non-hydrogen) atoms. The van der Waals surface area contributed by atoms with Crippen LogP contribution < -0.4 is 5.73 Å². The van der Waals surface area contributed by atoms with Gasteiger partial charge in [-0.2, -0.15) is 0 Å². The topological polar surface area (TPSA) is 89.1 Å². The number of anilines is 1. The standard InChI is InChI=1S/C9H13N3O2S/c10-9-12-11-7(15-9)5-3-1-2-4-6(5)8(13)14/h5-6H,1-4H2,(H2,10,12)(H,13,14)/t5-,6-/m1/s1. The maximum Gasteiger partial charge on any atom is 0.307 e. The first-order valence-electron chi connectivity index (χ1n) is 5.00. The van der Waals surface area contributed by atoms with E-state index in [1.807, 2.05) is 0 Å². The van der Waals surface area contributed by atoms with E-state index in [9.17, 15) is 4.79 Å². The molecule has 0 amide bonds. The summed E-state index contributed by atoms with van der Waals surface area (Å²) in [5.74, 6) is -1.04. The van der Waals surface area contributed by atoms with Crippen LogP contribution in [-0.4, -0.2) is 21.3 Å². The van der Waals surface area contributed by atoms with Gasteiger partial charge in [-0.05, 0) is 12.8 Å². The van der Waals surface area contributed by atoms with Gasteiger partial charge in [0.2, 0.25) is 5.13 Å². The summed E-state index contributed by atoms with van der Waals surface area (Å²) in [6.45, 7) is 0.